The molecule has 1 unspecified atom stereocenters. The van der Waals surface area contributed by atoms with Crippen LogP contribution in [0.4, 0.5) is 11.4 Å². The van der Waals surface area contributed by atoms with Gasteiger partial charge in [-0.25, -0.2) is 8.42 Å². The van der Waals surface area contributed by atoms with E-state index in [1.165, 1.54) is 48.4 Å². The molecule has 1 atom stereocenters. The monoisotopic (exact) mass is 469 g/mol. The average molecular weight is 470 g/mol. The first-order chi connectivity index (χ1) is 15.6. The summed E-state index contributed by atoms with van der Waals surface area (Å²) in [5, 5.41) is 11.1. The summed E-state index contributed by atoms with van der Waals surface area (Å²) in [6.45, 7) is 1.74. The lowest BCUT2D eigenvalue weighted by atomic mass is 10.1. The molecule has 1 amide bonds. The molecule has 0 spiro atoms. The highest BCUT2D eigenvalue weighted by atomic mass is 32.2. The number of nitro groups is 1. The number of anilines is 1. The van der Waals surface area contributed by atoms with Crippen molar-refractivity contribution < 1.29 is 22.9 Å². The molecule has 0 fully saturated rings. The molecule has 0 aliphatic heterocycles. The van der Waals surface area contributed by atoms with E-state index in [0.717, 1.165) is 0 Å². The Morgan fingerprint density at radius 3 is 2.36 bits per heavy atom. The van der Waals surface area contributed by atoms with Gasteiger partial charge in [-0.15, -0.1) is 0 Å². The number of methoxy groups -OCH3 is 1. The number of amides is 1. The predicted molar refractivity (Wildman–Crippen MR) is 124 cm³/mol. The normalized spacial score (nSPS) is 12.0. The van der Waals surface area contributed by atoms with E-state index in [0.29, 0.717) is 17.0 Å². The van der Waals surface area contributed by atoms with Crippen molar-refractivity contribution in [1.82, 2.24) is 4.90 Å². The molecule has 0 aliphatic carbocycles. The summed E-state index contributed by atoms with van der Waals surface area (Å²) < 4.78 is 33.2. The molecule has 1 N–H and O–H groups in total. The number of nitrogens with one attached hydrogen (secondary N) is 1. The molecule has 0 heterocycles. The van der Waals surface area contributed by atoms with Gasteiger partial charge in [-0.05, 0) is 55.0 Å². The Hall–Kier alpha value is -3.92. The fraction of sp³-hybridized carbons (Fsp3) is 0.174. The summed E-state index contributed by atoms with van der Waals surface area (Å²) >= 11 is 0. The van der Waals surface area contributed by atoms with Crippen molar-refractivity contribution in [2.75, 3.05) is 18.9 Å². The van der Waals surface area contributed by atoms with E-state index >= 15 is 0 Å². The zero-order valence-corrected chi connectivity index (χ0v) is 19.1. The lowest BCUT2D eigenvalue weighted by Gasteiger charge is -2.25. The van der Waals surface area contributed by atoms with Crippen LogP contribution in [0.5, 0.6) is 5.75 Å². The molecule has 0 aliphatic rings. The maximum absolute atomic E-state index is 13.0. The number of sulfonamides is 1. The van der Waals surface area contributed by atoms with Crippen molar-refractivity contribution in [1.29, 1.82) is 0 Å². The van der Waals surface area contributed by atoms with Gasteiger partial charge in [0.1, 0.15) is 5.75 Å². The van der Waals surface area contributed by atoms with E-state index < -0.39 is 26.9 Å². The lowest BCUT2D eigenvalue weighted by Crippen LogP contribution is -2.30. The fourth-order valence-electron chi connectivity index (χ4n) is 3.17. The van der Waals surface area contributed by atoms with E-state index in [1.54, 1.807) is 50.4 Å². The Labute approximate surface area is 191 Å². The number of benzene rings is 3. The molecular formula is C23H23N3O6S. The van der Waals surface area contributed by atoms with E-state index in [4.69, 9.17) is 4.74 Å². The molecular weight excluding hydrogens is 446 g/mol. The van der Waals surface area contributed by atoms with Gasteiger partial charge in [0, 0.05) is 30.4 Å². The molecule has 3 rings (SSSR count). The van der Waals surface area contributed by atoms with Crippen LogP contribution in [0, 0.1) is 10.1 Å². The number of carbonyl (C=O) groups is 1. The molecule has 0 saturated carbocycles. The number of nitrogens with zero attached hydrogens (tertiary/aromatic N) is 2. The SMILES string of the molecule is COc1ccc(NS(=O)(=O)c2cccc(C(=O)N(C)C(C)c3cccc([N+](=O)[O-])c3)c2)cc1. The predicted octanol–water partition coefficient (Wildman–Crippen LogP) is 4.24. The number of nitro benzene ring substituents is 1. The topological polar surface area (TPSA) is 119 Å². The zero-order valence-electron chi connectivity index (χ0n) is 18.3. The molecule has 3 aromatic rings. The Bertz CT molecular complexity index is 1280. The molecule has 0 radical (unpaired) electrons. The summed E-state index contributed by atoms with van der Waals surface area (Å²) in [4.78, 5) is 24.9. The molecule has 0 aromatic heterocycles. The molecule has 33 heavy (non-hydrogen) atoms. The molecule has 3 aromatic carbocycles. The molecule has 10 heteroatoms. The summed E-state index contributed by atoms with van der Waals surface area (Å²) in [5.74, 6) is 0.168. The van der Waals surface area contributed by atoms with Gasteiger partial charge in [0.15, 0.2) is 0 Å². The second-order valence-electron chi connectivity index (χ2n) is 7.31. The van der Waals surface area contributed by atoms with E-state index in [1.807, 2.05) is 0 Å². The fourth-order valence-corrected chi connectivity index (χ4v) is 4.27. The Morgan fingerprint density at radius 2 is 1.73 bits per heavy atom. The highest BCUT2D eigenvalue weighted by Crippen LogP contribution is 2.25. The summed E-state index contributed by atoms with van der Waals surface area (Å²) in [5.41, 5.74) is 1.04. The van der Waals surface area contributed by atoms with Gasteiger partial charge in [0.05, 0.1) is 23.0 Å². The van der Waals surface area contributed by atoms with Crippen LogP contribution >= 0.6 is 0 Å². The van der Waals surface area contributed by atoms with Crippen molar-refractivity contribution in [3.8, 4) is 5.75 Å². The molecule has 172 valence electrons. The van der Waals surface area contributed by atoms with Crippen molar-refractivity contribution in [2.45, 2.75) is 17.9 Å². The molecule has 0 bridgehead atoms. The standard InChI is InChI=1S/C23H23N3O6S/c1-16(17-6-4-8-20(14-17)26(28)29)25(2)23(27)18-7-5-9-22(15-18)33(30,31)24-19-10-12-21(32-3)13-11-19/h4-16,24H,1-3H3. The summed E-state index contributed by atoms with van der Waals surface area (Å²) in [6, 6.07) is 17.7. The Balaban J connectivity index is 1.82. The second-order valence-corrected chi connectivity index (χ2v) is 8.99. The van der Waals surface area contributed by atoms with E-state index in [-0.39, 0.29) is 16.1 Å². The number of ether oxygens (including phenoxy) is 1. The third-order valence-corrected chi connectivity index (χ3v) is 6.58. The van der Waals surface area contributed by atoms with Gasteiger partial charge in [-0.3, -0.25) is 19.6 Å². The third-order valence-electron chi connectivity index (χ3n) is 5.20. The van der Waals surface area contributed by atoms with E-state index in [2.05, 4.69) is 4.72 Å². The maximum atomic E-state index is 13.0. The van der Waals surface area contributed by atoms with Gasteiger partial charge in [-0.2, -0.15) is 0 Å². The first-order valence-corrected chi connectivity index (χ1v) is 11.4. The van der Waals surface area contributed by atoms with Gasteiger partial charge in [-0.1, -0.05) is 18.2 Å². The Morgan fingerprint density at radius 1 is 1.06 bits per heavy atom. The van der Waals surface area contributed by atoms with Crippen LogP contribution in [0.25, 0.3) is 0 Å². The van der Waals surface area contributed by atoms with Crippen LogP contribution in [0.3, 0.4) is 0 Å². The van der Waals surface area contributed by atoms with Crippen molar-refractivity contribution >= 4 is 27.3 Å². The van der Waals surface area contributed by atoms with Gasteiger partial charge in [0.25, 0.3) is 21.6 Å². The minimum absolute atomic E-state index is 0.0689. The molecule has 9 nitrogen and oxygen atoms in total. The van der Waals surface area contributed by atoms with Crippen LogP contribution in [0.2, 0.25) is 0 Å². The number of rotatable bonds is 8. The van der Waals surface area contributed by atoms with Crippen LogP contribution in [0.15, 0.2) is 77.7 Å². The summed E-state index contributed by atoms with van der Waals surface area (Å²) in [7, 11) is -0.868. The first kappa shape index (κ1) is 23.7. The van der Waals surface area contributed by atoms with Crippen molar-refractivity contribution in [3.05, 3.63) is 94.0 Å². The van der Waals surface area contributed by atoms with Gasteiger partial charge >= 0.3 is 0 Å². The number of carbonyl (C=O) groups excluding carboxylic acids is 1. The third kappa shape index (κ3) is 5.47. The van der Waals surface area contributed by atoms with Gasteiger partial charge in [0.2, 0.25) is 0 Å². The van der Waals surface area contributed by atoms with Crippen molar-refractivity contribution in [3.63, 3.8) is 0 Å². The largest absolute Gasteiger partial charge is 0.497 e. The van der Waals surface area contributed by atoms with E-state index in [9.17, 15) is 23.3 Å². The lowest BCUT2D eigenvalue weighted by molar-refractivity contribution is -0.384. The first-order valence-electron chi connectivity index (χ1n) is 9.91. The number of non-ortho nitro benzene ring substituents is 1. The molecule has 0 saturated heterocycles. The number of hydrogen-bond donors (Lipinski definition) is 1. The highest BCUT2D eigenvalue weighted by molar-refractivity contribution is 7.92. The van der Waals surface area contributed by atoms with Crippen molar-refractivity contribution in [2.24, 2.45) is 0 Å². The zero-order chi connectivity index (χ0) is 24.2. The quantitative estimate of drug-likeness (QED) is 0.389. The highest BCUT2D eigenvalue weighted by Gasteiger charge is 2.22. The number of hydrogen-bond acceptors (Lipinski definition) is 6. The smallest absolute Gasteiger partial charge is 0.269 e. The second kappa shape index (κ2) is 9.70. The maximum Gasteiger partial charge on any atom is 0.269 e. The van der Waals surface area contributed by atoms with Crippen LogP contribution in [0.1, 0.15) is 28.9 Å². The van der Waals surface area contributed by atoms with Crippen LogP contribution in [-0.2, 0) is 10.0 Å². The minimum atomic E-state index is -3.94. The minimum Gasteiger partial charge on any atom is -0.497 e. The van der Waals surface area contributed by atoms with Crippen LogP contribution in [-0.4, -0.2) is 38.3 Å². The van der Waals surface area contributed by atoms with Gasteiger partial charge < -0.3 is 9.64 Å². The Kier molecular flexibility index (Phi) is 6.98. The average Bonchev–Trinajstić information content (AvgIpc) is 2.83. The van der Waals surface area contributed by atoms with Crippen LogP contribution < -0.4 is 9.46 Å². The summed E-state index contributed by atoms with van der Waals surface area (Å²) in [6.07, 6.45) is 0.